The molecule has 3 aromatic carbocycles. The van der Waals surface area contributed by atoms with Crippen LogP contribution in [0.3, 0.4) is 0 Å². The molecule has 0 bridgehead atoms. The molecule has 0 radical (unpaired) electrons. The Hall–Kier alpha value is -3.99. The summed E-state index contributed by atoms with van der Waals surface area (Å²) >= 11 is 0. The molecule has 5 nitrogen and oxygen atoms in total. The van der Waals surface area contributed by atoms with Gasteiger partial charge in [-0.25, -0.2) is 0 Å². The minimum Gasteiger partial charge on any atom is -0.324 e. The van der Waals surface area contributed by atoms with Crippen LogP contribution in [0.25, 0.3) is 33.1 Å². The monoisotopic (exact) mass is 392 g/mol. The largest absolute Gasteiger partial charge is 0.324 e. The standard InChI is InChI=1S/C25H20N4O/c1-17-11-13-18(14-12-17)24-21-15-26-22-10-6-5-9-20(22)25(21)29(28-24)16-23(30)27-19-7-3-2-4-8-19/h2-15H,16H2,1H3,(H,27,30). The molecule has 5 heteroatoms. The molecule has 1 amide bonds. The SMILES string of the molecule is Cc1ccc(-c2nn(CC(=O)Nc3ccccc3)c3c2cnc2ccccc23)cc1. The van der Waals surface area contributed by atoms with Gasteiger partial charge in [-0.1, -0.05) is 66.2 Å². The maximum absolute atomic E-state index is 12.8. The lowest BCUT2D eigenvalue weighted by atomic mass is 10.1. The van der Waals surface area contributed by atoms with E-state index in [4.69, 9.17) is 5.10 Å². The number of carbonyl (C=O) groups is 1. The molecule has 0 atom stereocenters. The van der Waals surface area contributed by atoms with Crippen LogP contribution in [0.2, 0.25) is 0 Å². The van der Waals surface area contributed by atoms with Gasteiger partial charge in [-0.15, -0.1) is 0 Å². The first-order chi connectivity index (χ1) is 14.7. The van der Waals surface area contributed by atoms with Crippen molar-refractivity contribution in [2.45, 2.75) is 13.5 Å². The van der Waals surface area contributed by atoms with Gasteiger partial charge in [0.05, 0.1) is 11.0 Å². The number of rotatable bonds is 4. The Labute approximate surface area is 174 Å². The molecule has 30 heavy (non-hydrogen) atoms. The number of nitrogens with one attached hydrogen (secondary N) is 1. The summed E-state index contributed by atoms with van der Waals surface area (Å²) in [6, 6.07) is 25.6. The highest BCUT2D eigenvalue weighted by Gasteiger charge is 2.17. The van der Waals surface area contributed by atoms with Crippen LogP contribution in [-0.2, 0) is 11.3 Å². The van der Waals surface area contributed by atoms with Crippen molar-refractivity contribution in [3.8, 4) is 11.3 Å². The normalized spacial score (nSPS) is 11.1. The molecule has 0 aliphatic rings. The highest BCUT2D eigenvalue weighted by atomic mass is 16.2. The highest BCUT2D eigenvalue weighted by molar-refractivity contribution is 6.08. The van der Waals surface area contributed by atoms with Crippen molar-refractivity contribution in [3.63, 3.8) is 0 Å². The lowest BCUT2D eigenvalue weighted by molar-refractivity contribution is -0.116. The number of hydrogen-bond acceptors (Lipinski definition) is 3. The van der Waals surface area contributed by atoms with E-state index in [-0.39, 0.29) is 12.5 Å². The number of pyridine rings is 1. The third-order valence-electron chi connectivity index (χ3n) is 5.16. The summed E-state index contributed by atoms with van der Waals surface area (Å²) in [6.07, 6.45) is 1.85. The molecule has 0 saturated heterocycles. The Morgan fingerprint density at radius 2 is 1.63 bits per heavy atom. The molecule has 2 heterocycles. The number of nitrogens with zero attached hydrogens (tertiary/aromatic N) is 3. The summed E-state index contributed by atoms with van der Waals surface area (Å²) in [5.41, 5.74) is 5.59. The summed E-state index contributed by atoms with van der Waals surface area (Å²) < 4.78 is 1.78. The van der Waals surface area contributed by atoms with Crippen LogP contribution >= 0.6 is 0 Å². The molecule has 5 aromatic rings. The predicted octanol–water partition coefficient (Wildman–Crippen LogP) is 5.20. The lowest BCUT2D eigenvalue weighted by Crippen LogP contribution is -2.19. The number of aromatic nitrogens is 3. The van der Waals surface area contributed by atoms with Crippen LogP contribution in [-0.4, -0.2) is 20.7 Å². The first-order valence-corrected chi connectivity index (χ1v) is 9.85. The van der Waals surface area contributed by atoms with Gasteiger partial charge in [-0.05, 0) is 25.1 Å². The maximum Gasteiger partial charge on any atom is 0.246 e. The van der Waals surface area contributed by atoms with E-state index in [2.05, 4.69) is 41.5 Å². The number of fused-ring (bicyclic) bond motifs is 3. The van der Waals surface area contributed by atoms with Crippen molar-refractivity contribution in [2.24, 2.45) is 0 Å². The summed E-state index contributed by atoms with van der Waals surface area (Å²) in [7, 11) is 0. The van der Waals surface area contributed by atoms with E-state index in [9.17, 15) is 4.79 Å². The Balaban J connectivity index is 1.63. The number of para-hydroxylation sites is 2. The van der Waals surface area contributed by atoms with Crippen molar-refractivity contribution >= 4 is 33.4 Å². The highest BCUT2D eigenvalue weighted by Crippen LogP contribution is 2.32. The van der Waals surface area contributed by atoms with Crippen LogP contribution in [0, 0.1) is 6.92 Å². The van der Waals surface area contributed by atoms with Gasteiger partial charge in [0.25, 0.3) is 0 Å². The molecule has 0 unspecified atom stereocenters. The third kappa shape index (κ3) is 3.31. The van der Waals surface area contributed by atoms with E-state index in [1.54, 1.807) is 4.68 Å². The Morgan fingerprint density at radius 1 is 0.900 bits per heavy atom. The third-order valence-corrected chi connectivity index (χ3v) is 5.16. The van der Waals surface area contributed by atoms with Crippen molar-refractivity contribution in [2.75, 3.05) is 5.32 Å². The van der Waals surface area contributed by atoms with Crippen LogP contribution < -0.4 is 5.32 Å². The Bertz CT molecular complexity index is 1360. The minimum atomic E-state index is -0.123. The molecular weight excluding hydrogens is 372 g/mol. The quantitative estimate of drug-likeness (QED) is 0.457. The summed E-state index contributed by atoms with van der Waals surface area (Å²) in [6.45, 7) is 2.18. The zero-order chi connectivity index (χ0) is 20.5. The van der Waals surface area contributed by atoms with Gasteiger partial charge in [0.2, 0.25) is 5.91 Å². The average Bonchev–Trinajstić information content (AvgIpc) is 3.13. The van der Waals surface area contributed by atoms with Crippen LogP contribution in [0.15, 0.2) is 85.1 Å². The van der Waals surface area contributed by atoms with Gasteiger partial charge in [0, 0.05) is 28.2 Å². The van der Waals surface area contributed by atoms with E-state index < -0.39 is 0 Å². The van der Waals surface area contributed by atoms with Gasteiger partial charge >= 0.3 is 0 Å². The zero-order valence-electron chi connectivity index (χ0n) is 16.5. The van der Waals surface area contributed by atoms with Gasteiger partial charge in [-0.2, -0.15) is 5.10 Å². The number of benzene rings is 3. The van der Waals surface area contributed by atoms with Gasteiger partial charge in [-0.3, -0.25) is 14.5 Å². The van der Waals surface area contributed by atoms with Gasteiger partial charge in [0.15, 0.2) is 0 Å². The van der Waals surface area contributed by atoms with Crippen LogP contribution in [0.1, 0.15) is 5.56 Å². The zero-order valence-corrected chi connectivity index (χ0v) is 16.5. The van der Waals surface area contributed by atoms with Crippen molar-refractivity contribution in [3.05, 3.63) is 90.6 Å². The van der Waals surface area contributed by atoms with Crippen LogP contribution in [0.5, 0.6) is 0 Å². The second-order valence-corrected chi connectivity index (χ2v) is 7.32. The topological polar surface area (TPSA) is 59.8 Å². The summed E-state index contributed by atoms with van der Waals surface area (Å²) in [5, 5.41) is 9.70. The maximum atomic E-state index is 12.8. The Kier molecular flexibility index (Phi) is 4.48. The molecular formula is C25H20N4O. The molecule has 146 valence electrons. The molecule has 0 aliphatic heterocycles. The van der Waals surface area contributed by atoms with E-state index in [0.717, 1.165) is 38.8 Å². The Morgan fingerprint density at radius 3 is 2.43 bits per heavy atom. The predicted molar refractivity (Wildman–Crippen MR) is 120 cm³/mol. The van der Waals surface area contributed by atoms with E-state index in [1.165, 1.54) is 5.56 Å². The van der Waals surface area contributed by atoms with Crippen molar-refractivity contribution < 1.29 is 4.79 Å². The fourth-order valence-corrected chi connectivity index (χ4v) is 3.70. The van der Waals surface area contributed by atoms with E-state index >= 15 is 0 Å². The fraction of sp³-hybridized carbons (Fsp3) is 0.0800. The second kappa shape index (κ2) is 7.44. The number of carbonyl (C=O) groups excluding carboxylic acids is 1. The first-order valence-electron chi connectivity index (χ1n) is 9.85. The van der Waals surface area contributed by atoms with Crippen molar-refractivity contribution in [1.82, 2.24) is 14.8 Å². The smallest absolute Gasteiger partial charge is 0.246 e. The lowest BCUT2D eigenvalue weighted by Gasteiger charge is -2.07. The second-order valence-electron chi connectivity index (χ2n) is 7.32. The molecule has 0 spiro atoms. The number of aryl methyl sites for hydroxylation is 1. The molecule has 0 saturated carbocycles. The van der Waals surface area contributed by atoms with Crippen LogP contribution in [0.4, 0.5) is 5.69 Å². The van der Waals surface area contributed by atoms with Gasteiger partial charge < -0.3 is 5.32 Å². The van der Waals surface area contributed by atoms with Crippen molar-refractivity contribution in [1.29, 1.82) is 0 Å². The molecule has 1 N–H and O–H groups in total. The first kappa shape index (κ1) is 18.1. The number of hydrogen-bond donors (Lipinski definition) is 1. The summed E-state index contributed by atoms with van der Waals surface area (Å²) in [4.78, 5) is 17.4. The van der Waals surface area contributed by atoms with E-state index in [1.807, 2.05) is 60.8 Å². The average molecular weight is 392 g/mol. The van der Waals surface area contributed by atoms with E-state index in [0.29, 0.717) is 0 Å². The van der Waals surface area contributed by atoms with Gasteiger partial charge in [0.1, 0.15) is 12.2 Å². The number of amides is 1. The molecule has 0 aliphatic carbocycles. The molecule has 0 fully saturated rings. The molecule has 5 rings (SSSR count). The fourth-order valence-electron chi connectivity index (χ4n) is 3.70. The number of anilines is 1. The summed E-state index contributed by atoms with van der Waals surface area (Å²) in [5.74, 6) is -0.123. The minimum absolute atomic E-state index is 0.116. The molecule has 2 aromatic heterocycles.